The van der Waals surface area contributed by atoms with Gasteiger partial charge in [-0.3, -0.25) is 4.90 Å². The molecule has 0 bridgehead atoms. The number of rotatable bonds is 6. The van der Waals surface area contributed by atoms with Crippen molar-refractivity contribution in [2.45, 2.75) is 26.9 Å². The van der Waals surface area contributed by atoms with Gasteiger partial charge < -0.3 is 0 Å². The van der Waals surface area contributed by atoms with E-state index in [2.05, 4.69) is 73.9 Å². The Morgan fingerprint density at radius 2 is 1.29 bits per heavy atom. The monoisotopic (exact) mass is 301 g/mol. The van der Waals surface area contributed by atoms with E-state index < -0.39 is 0 Å². The Morgan fingerprint density at radius 3 is 1.67 bits per heavy atom. The van der Waals surface area contributed by atoms with E-state index in [0.29, 0.717) is 0 Å². The third-order valence-corrected chi connectivity index (χ3v) is 3.70. The van der Waals surface area contributed by atoms with Crippen molar-refractivity contribution in [1.82, 2.24) is 4.90 Å². The zero-order chi connectivity index (χ0) is 14.4. The van der Waals surface area contributed by atoms with Gasteiger partial charge in [-0.15, -0.1) is 19.0 Å². The molecule has 0 aliphatic carbocycles. The molecule has 0 saturated carbocycles. The third kappa shape index (κ3) is 5.04. The first-order valence-electron chi connectivity index (χ1n) is 7.13. The van der Waals surface area contributed by atoms with Crippen LogP contribution < -0.4 is 0 Å². The standard InChI is InChI=1S/C19H23N.ClH/c1-4-13-20(14-18-11-7-5-9-16(18)2)15-19-12-8-6-10-17(19)3;/h4-12H,1,13-15H2,2-3H3;1H. The summed E-state index contributed by atoms with van der Waals surface area (Å²) in [6.45, 7) is 11.1. The Balaban J connectivity index is 0.00000220. The van der Waals surface area contributed by atoms with Crippen LogP contribution in [-0.2, 0) is 13.1 Å². The number of nitrogens with zero attached hydrogens (tertiary/aromatic N) is 1. The molecule has 2 aromatic rings. The van der Waals surface area contributed by atoms with Gasteiger partial charge in [-0.25, -0.2) is 0 Å². The van der Waals surface area contributed by atoms with E-state index in [1.807, 2.05) is 6.08 Å². The molecule has 0 heterocycles. The maximum atomic E-state index is 3.89. The topological polar surface area (TPSA) is 3.24 Å². The van der Waals surface area contributed by atoms with Gasteiger partial charge in [0.15, 0.2) is 0 Å². The maximum Gasteiger partial charge on any atom is 0.0243 e. The van der Waals surface area contributed by atoms with Crippen molar-refractivity contribution >= 4 is 12.4 Å². The molecule has 0 fully saturated rings. The second-order valence-electron chi connectivity index (χ2n) is 5.31. The van der Waals surface area contributed by atoms with Crippen LogP contribution in [0.1, 0.15) is 22.3 Å². The van der Waals surface area contributed by atoms with Gasteiger partial charge in [-0.1, -0.05) is 54.6 Å². The quantitative estimate of drug-likeness (QED) is 0.685. The van der Waals surface area contributed by atoms with E-state index in [4.69, 9.17) is 0 Å². The van der Waals surface area contributed by atoms with Crippen LogP contribution in [0.25, 0.3) is 0 Å². The summed E-state index contributed by atoms with van der Waals surface area (Å²) in [6.07, 6.45) is 1.98. The highest BCUT2D eigenvalue weighted by Gasteiger charge is 2.08. The minimum absolute atomic E-state index is 0. The van der Waals surface area contributed by atoms with Crippen molar-refractivity contribution in [3.63, 3.8) is 0 Å². The lowest BCUT2D eigenvalue weighted by molar-refractivity contribution is 0.285. The molecular weight excluding hydrogens is 278 g/mol. The molecule has 1 nitrogen and oxygen atoms in total. The lowest BCUT2D eigenvalue weighted by atomic mass is 10.1. The molecule has 0 saturated heterocycles. The number of hydrogen-bond donors (Lipinski definition) is 0. The van der Waals surface area contributed by atoms with Gasteiger partial charge in [-0.05, 0) is 36.1 Å². The van der Waals surface area contributed by atoms with Gasteiger partial charge in [0.2, 0.25) is 0 Å². The summed E-state index contributed by atoms with van der Waals surface area (Å²) in [5.41, 5.74) is 5.49. The summed E-state index contributed by atoms with van der Waals surface area (Å²) in [7, 11) is 0. The van der Waals surface area contributed by atoms with Gasteiger partial charge in [0.05, 0.1) is 0 Å². The Kier molecular flexibility index (Phi) is 7.21. The first kappa shape index (κ1) is 17.5. The van der Waals surface area contributed by atoms with Crippen LogP contribution in [0.15, 0.2) is 61.2 Å². The largest absolute Gasteiger partial charge is 0.291 e. The van der Waals surface area contributed by atoms with Crippen LogP contribution >= 0.6 is 12.4 Å². The highest BCUT2D eigenvalue weighted by atomic mass is 35.5. The zero-order valence-corrected chi connectivity index (χ0v) is 13.7. The third-order valence-electron chi connectivity index (χ3n) is 3.70. The van der Waals surface area contributed by atoms with Gasteiger partial charge in [0.25, 0.3) is 0 Å². The number of hydrogen-bond acceptors (Lipinski definition) is 1. The van der Waals surface area contributed by atoms with Crippen LogP contribution in [0.3, 0.4) is 0 Å². The van der Waals surface area contributed by atoms with Crippen molar-refractivity contribution in [2.75, 3.05) is 6.54 Å². The predicted molar refractivity (Wildman–Crippen MR) is 93.9 cm³/mol. The van der Waals surface area contributed by atoms with Crippen LogP contribution in [-0.4, -0.2) is 11.4 Å². The molecule has 0 N–H and O–H groups in total. The molecule has 2 aromatic carbocycles. The second kappa shape index (κ2) is 8.66. The number of benzene rings is 2. The minimum atomic E-state index is 0. The minimum Gasteiger partial charge on any atom is -0.291 e. The first-order chi connectivity index (χ1) is 9.70. The van der Waals surface area contributed by atoms with E-state index in [0.717, 1.165) is 19.6 Å². The highest BCUT2D eigenvalue weighted by Crippen LogP contribution is 2.15. The molecule has 0 aliphatic rings. The highest BCUT2D eigenvalue weighted by molar-refractivity contribution is 5.85. The summed E-state index contributed by atoms with van der Waals surface area (Å²) in [5, 5.41) is 0. The molecule has 112 valence electrons. The van der Waals surface area contributed by atoms with Crippen molar-refractivity contribution < 1.29 is 0 Å². The Hall–Kier alpha value is -1.57. The predicted octanol–water partition coefficient (Wildman–Crippen LogP) is 4.91. The Morgan fingerprint density at radius 1 is 0.857 bits per heavy atom. The molecule has 2 rings (SSSR count). The smallest absolute Gasteiger partial charge is 0.0243 e. The number of halogens is 1. The summed E-state index contributed by atoms with van der Waals surface area (Å²) in [4.78, 5) is 2.43. The average molecular weight is 302 g/mol. The fourth-order valence-corrected chi connectivity index (χ4v) is 2.42. The van der Waals surface area contributed by atoms with Gasteiger partial charge in [0, 0.05) is 19.6 Å². The first-order valence-corrected chi connectivity index (χ1v) is 7.13. The van der Waals surface area contributed by atoms with E-state index in [9.17, 15) is 0 Å². The molecule has 0 aliphatic heterocycles. The zero-order valence-electron chi connectivity index (χ0n) is 12.9. The van der Waals surface area contributed by atoms with Gasteiger partial charge in [0.1, 0.15) is 0 Å². The van der Waals surface area contributed by atoms with Crippen LogP contribution in [0.4, 0.5) is 0 Å². The van der Waals surface area contributed by atoms with Crippen LogP contribution in [0.2, 0.25) is 0 Å². The van der Waals surface area contributed by atoms with E-state index >= 15 is 0 Å². The second-order valence-corrected chi connectivity index (χ2v) is 5.31. The molecule has 0 unspecified atom stereocenters. The average Bonchev–Trinajstić information content (AvgIpc) is 2.44. The molecule has 0 spiro atoms. The molecule has 0 aromatic heterocycles. The Bertz CT molecular complexity index is 530. The fourth-order valence-electron chi connectivity index (χ4n) is 2.42. The van der Waals surface area contributed by atoms with Crippen molar-refractivity contribution in [3.8, 4) is 0 Å². The van der Waals surface area contributed by atoms with E-state index in [1.165, 1.54) is 22.3 Å². The van der Waals surface area contributed by atoms with Crippen LogP contribution in [0, 0.1) is 13.8 Å². The normalized spacial score (nSPS) is 10.2. The lowest BCUT2D eigenvalue weighted by Gasteiger charge is -2.22. The molecule has 0 atom stereocenters. The van der Waals surface area contributed by atoms with Crippen molar-refractivity contribution in [1.29, 1.82) is 0 Å². The molecule has 2 heteroatoms. The van der Waals surface area contributed by atoms with Crippen molar-refractivity contribution in [2.24, 2.45) is 0 Å². The van der Waals surface area contributed by atoms with Crippen LogP contribution in [0.5, 0.6) is 0 Å². The van der Waals surface area contributed by atoms with Gasteiger partial charge >= 0.3 is 0 Å². The summed E-state index contributed by atoms with van der Waals surface area (Å²) >= 11 is 0. The molecular formula is C19H24ClN. The van der Waals surface area contributed by atoms with E-state index in [1.54, 1.807) is 0 Å². The Labute approximate surface area is 134 Å². The molecule has 0 radical (unpaired) electrons. The number of aryl methyl sites for hydroxylation is 2. The van der Waals surface area contributed by atoms with Gasteiger partial charge in [-0.2, -0.15) is 0 Å². The van der Waals surface area contributed by atoms with E-state index in [-0.39, 0.29) is 12.4 Å². The molecule has 21 heavy (non-hydrogen) atoms. The molecule has 0 amide bonds. The summed E-state index contributed by atoms with van der Waals surface area (Å²) in [5.74, 6) is 0. The fraction of sp³-hybridized carbons (Fsp3) is 0.263. The summed E-state index contributed by atoms with van der Waals surface area (Å²) < 4.78 is 0. The maximum absolute atomic E-state index is 3.89. The summed E-state index contributed by atoms with van der Waals surface area (Å²) in [6, 6.07) is 17.2. The SMILES string of the molecule is C=CCN(Cc1ccccc1C)Cc1ccccc1C.Cl. The lowest BCUT2D eigenvalue weighted by Crippen LogP contribution is -2.23. The van der Waals surface area contributed by atoms with Crippen molar-refractivity contribution in [3.05, 3.63) is 83.4 Å².